The lowest BCUT2D eigenvalue weighted by Crippen LogP contribution is -2.54. The molecule has 3 fully saturated rings. The number of aliphatic hydroxyl groups excluding tert-OH is 1. The monoisotopic (exact) mass is 226 g/mol. The summed E-state index contributed by atoms with van der Waals surface area (Å²) in [6, 6.07) is 0.275. The van der Waals surface area contributed by atoms with Gasteiger partial charge in [-0.3, -0.25) is 4.90 Å². The summed E-state index contributed by atoms with van der Waals surface area (Å²) < 4.78 is 5.42. The van der Waals surface area contributed by atoms with Crippen LogP contribution in [0.1, 0.15) is 19.3 Å². The fraction of sp³-hybridized carbons (Fsp3) is 0.909. The Morgan fingerprint density at radius 1 is 1.62 bits per heavy atom. The second-order valence-corrected chi connectivity index (χ2v) is 5.25. The molecule has 0 bridgehead atoms. The number of likely N-dealkylation sites (N-methyl/N-ethyl adjacent to an activating group) is 1. The Morgan fingerprint density at radius 3 is 3.19 bits per heavy atom. The largest absolute Gasteiger partial charge is 0.444 e. The van der Waals surface area contributed by atoms with Crippen LogP contribution in [0.3, 0.4) is 0 Å². The number of carbonyl (C=O) groups is 1. The fourth-order valence-corrected chi connectivity index (χ4v) is 3.55. The maximum Gasteiger partial charge on any atom is 0.409 e. The van der Waals surface area contributed by atoms with Crippen molar-refractivity contribution in [3.63, 3.8) is 0 Å². The quantitative estimate of drug-likeness (QED) is 0.685. The zero-order valence-electron chi connectivity index (χ0n) is 9.56. The van der Waals surface area contributed by atoms with Crippen LogP contribution in [0.25, 0.3) is 0 Å². The van der Waals surface area contributed by atoms with E-state index in [1.165, 1.54) is 0 Å². The van der Waals surface area contributed by atoms with E-state index < -0.39 is 0 Å². The average molecular weight is 226 g/mol. The molecule has 0 aromatic rings. The highest BCUT2D eigenvalue weighted by atomic mass is 16.6. The van der Waals surface area contributed by atoms with Gasteiger partial charge in [0.05, 0.1) is 12.6 Å². The van der Waals surface area contributed by atoms with E-state index in [1.807, 2.05) is 0 Å². The number of rotatable bonds is 1. The van der Waals surface area contributed by atoms with Crippen LogP contribution >= 0.6 is 0 Å². The Hall–Kier alpha value is -0.810. The predicted octanol–water partition coefficient (Wildman–Crippen LogP) is 0.0362. The normalized spacial score (nSPS) is 43.1. The van der Waals surface area contributed by atoms with Crippen molar-refractivity contribution >= 4 is 6.09 Å². The van der Waals surface area contributed by atoms with Gasteiger partial charge in [0.1, 0.15) is 6.10 Å². The smallest absolute Gasteiger partial charge is 0.409 e. The summed E-state index contributed by atoms with van der Waals surface area (Å²) in [5, 5.41) is 9.61. The molecule has 0 saturated carbocycles. The number of fused-ring (bicyclic) bond motifs is 3. The van der Waals surface area contributed by atoms with Crippen molar-refractivity contribution in [1.29, 1.82) is 0 Å². The highest BCUT2D eigenvalue weighted by Crippen LogP contribution is 2.44. The predicted molar refractivity (Wildman–Crippen MR) is 57.1 cm³/mol. The highest BCUT2D eigenvalue weighted by molar-refractivity contribution is 5.68. The molecule has 0 aliphatic carbocycles. The summed E-state index contributed by atoms with van der Waals surface area (Å²) in [6.45, 7) is 1.93. The average Bonchev–Trinajstić information content (AvgIpc) is 2.77. The minimum Gasteiger partial charge on any atom is -0.444 e. The highest BCUT2D eigenvalue weighted by Gasteiger charge is 2.56. The van der Waals surface area contributed by atoms with Gasteiger partial charge < -0.3 is 14.7 Å². The Bertz CT molecular complexity index is 322. The molecule has 3 aliphatic rings. The minimum atomic E-state index is -0.226. The molecule has 0 aromatic heterocycles. The first kappa shape index (κ1) is 10.4. The van der Waals surface area contributed by atoms with Crippen LogP contribution < -0.4 is 0 Å². The Kier molecular flexibility index (Phi) is 2.16. The van der Waals surface area contributed by atoms with E-state index in [2.05, 4.69) is 4.90 Å². The van der Waals surface area contributed by atoms with Crippen molar-refractivity contribution < 1.29 is 14.6 Å². The molecule has 1 N–H and O–H groups in total. The second kappa shape index (κ2) is 3.34. The molecular weight excluding hydrogens is 208 g/mol. The Balaban J connectivity index is 1.86. The third kappa shape index (κ3) is 1.21. The number of aliphatic hydroxyl groups is 1. The molecule has 5 heteroatoms. The summed E-state index contributed by atoms with van der Waals surface area (Å²) >= 11 is 0. The van der Waals surface area contributed by atoms with Crippen LogP contribution in [-0.2, 0) is 4.74 Å². The number of hydrogen-bond acceptors (Lipinski definition) is 4. The molecule has 0 spiro atoms. The maximum atomic E-state index is 11.5. The molecule has 3 atom stereocenters. The lowest BCUT2D eigenvalue weighted by molar-refractivity contribution is 0.00274. The van der Waals surface area contributed by atoms with Gasteiger partial charge in [0.25, 0.3) is 0 Å². The topological polar surface area (TPSA) is 53.0 Å². The van der Waals surface area contributed by atoms with Gasteiger partial charge in [-0.1, -0.05) is 0 Å². The number of ether oxygens (including phenoxy) is 1. The van der Waals surface area contributed by atoms with E-state index in [-0.39, 0.29) is 30.4 Å². The van der Waals surface area contributed by atoms with E-state index in [0.29, 0.717) is 0 Å². The second-order valence-electron chi connectivity index (χ2n) is 5.25. The Morgan fingerprint density at radius 2 is 2.44 bits per heavy atom. The van der Waals surface area contributed by atoms with Crippen LogP contribution in [0.5, 0.6) is 0 Å². The SMILES string of the molecule is CN1CC2C(CC3(CO)CCCN23)OC1=O. The van der Waals surface area contributed by atoms with E-state index >= 15 is 0 Å². The van der Waals surface area contributed by atoms with Crippen LogP contribution in [0.15, 0.2) is 0 Å². The number of nitrogens with zero attached hydrogens (tertiary/aromatic N) is 2. The standard InChI is InChI=1S/C11H18N2O3/c1-12-6-8-9(16-10(12)15)5-11(7-14)3-2-4-13(8)11/h8-9,14H,2-7H2,1H3. The van der Waals surface area contributed by atoms with Gasteiger partial charge in [-0.2, -0.15) is 0 Å². The van der Waals surface area contributed by atoms with Crippen molar-refractivity contribution in [3.8, 4) is 0 Å². The molecule has 90 valence electrons. The first-order chi connectivity index (χ1) is 7.66. The third-order valence-electron chi connectivity index (χ3n) is 4.38. The van der Waals surface area contributed by atoms with E-state index in [4.69, 9.17) is 4.74 Å². The molecule has 3 heterocycles. The lowest BCUT2D eigenvalue weighted by atomic mass is 9.94. The van der Waals surface area contributed by atoms with Crippen molar-refractivity contribution in [2.75, 3.05) is 26.7 Å². The van der Waals surface area contributed by atoms with Crippen molar-refractivity contribution in [3.05, 3.63) is 0 Å². The van der Waals surface area contributed by atoms with Crippen LogP contribution in [0, 0.1) is 0 Å². The van der Waals surface area contributed by atoms with Crippen LogP contribution in [-0.4, -0.2) is 65.4 Å². The summed E-state index contributed by atoms with van der Waals surface area (Å²) in [5.41, 5.74) is -0.110. The summed E-state index contributed by atoms with van der Waals surface area (Å²) in [6.07, 6.45) is 2.72. The molecule has 3 rings (SSSR count). The zero-order valence-corrected chi connectivity index (χ0v) is 9.56. The molecule has 5 nitrogen and oxygen atoms in total. The number of amides is 1. The third-order valence-corrected chi connectivity index (χ3v) is 4.38. The molecule has 3 aliphatic heterocycles. The van der Waals surface area contributed by atoms with Gasteiger partial charge in [-0.05, 0) is 19.4 Å². The fourth-order valence-electron chi connectivity index (χ4n) is 3.55. The molecular formula is C11H18N2O3. The molecule has 3 saturated heterocycles. The van der Waals surface area contributed by atoms with Gasteiger partial charge in [-0.15, -0.1) is 0 Å². The molecule has 1 amide bonds. The molecule has 16 heavy (non-hydrogen) atoms. The summed E-state index contributed by atoms with van der Waals surface area (Å²) in [5.74, 6) is 0. The van der Waals surface area contributed by atoms with Crippen molar-refractivity contribution in [2.45, 2.75) is 36.9 Å². The summed E-state index contributed by atoms with van der Waals surface area (Å²) in [4.78, 5) is 15.5. The van der Waals surface area contributed by atoms with E-state index in [0.717, 1.165) is 32.4 Å². The lowest BCUT2D eigenvalue weighted by Gasteiger charge is -2.37. The summed E-state index contributed by atoms with van der Waals surface area (Å²) in [7, 11) is 1.77. The van der Waals surface area contributed by atoms with Crippen LogP contribution in [0.4, 0.5) is 4.79 Å². The first-order valence-electron chi connectivity index (χ1n) is 5.96. The van der Waals surface area contributed by atoms with Gasteiger partial charge in [-0.25, -0.2) is 4.79 Å². The first-order valence-corrected chi connectivity index (χ1v) is 5.96. The van der Waals surface area contributed by atoms with Gasteiger partial charge in [0, 0.05) is 25.6 Å². The minimum absolute atomic E-state index is 0.0175. The number of hydrogen-bond donors (Lipinski definition) is 1. The van der Waals surface area contributed by atoms with Crippen molar-refractivity contribution in [1.82, 2.24) is 9.80 Å². The molecule has 3 unspecified atom stereocenters. The zero-order chi connectivity index (χ0) is 11.3. The van der Waals surface area contributed by atoms with E-state index in [1.54, 1.807) is 11.9 Å². The van der Waals surface area contributed by atoms with Crippen molar-refractivity contribution in [2.24, 2.45) is 0 Å². The van der Waals surface area contributed by atoms with Crippen LogP contribution in [0.2, 0.25) is 0 Å². The Labute approximate surface area is 95.0 Å². The van der Waals surface area contributed by atoms with Gasteiger partial charge >= 0.3 is 6.09 Å². The molecule has 0 aromatic carbocycles. The van der Waals surface area contributed by atoms with Gasteiger partial charge in [0.2, 0.25) is 0 Å². The number of carbonyl (C=O) groups excluding carboxylic acids is 1. The van der Waals surface area contributed by atoms with E-state index in [9.17, 15) is 9.90 Å². The van der Waals surface area contributed by atoms with Gasteiger partial charge in [0.15, 0.2) is 0 Å². The maximum absolute atomic E-state index is 11.5. The molecule has 0 radical (unpaired) electrons.